The first-order chi connectivity index (χ1) is 8.32. The third-order valence-corrected chi connectivity index (χ3v) is 2.27. The first kappa shape index (κ1) is 14.0. The molecule has 0 saturated carbocycles. The zero-order valence-electron chi connectivity index (χ0n) is 8.71. The number of hydrazone groups is 1. The van der Waals surface area contributed by atoms with Crippen molar-refractivity contribution in [2.75, 3.05) is 0 Å². The van der Waals surface area contributed by atoms with Crippen LogP contribution >= 0.6 is 23.2 Å². The van der Waals surface area contributed by atoms with E-state index in [4.69, 9.17) is 34.7 Å². The molecule has 18 heavy (non-hydrogen) atoms. The normalized spacial score (nSPS) is 10.6. The van der Waals surface area contributed by atoms with Gasteiger partial charge in [-0.25, -0.2) is 0 Å². The van der Waals surface area contributed by atoms with Crippen LogP contribution < -0.4 is 11.5 Å². The van der Waals surface area contributed by atoms with Crippen LogP contribution in [0, 0.1) is 15.3 Å². The quantitative estimate of drug-likeness (QED) is 0.214. The average molecular weight is 292 g/mol. The van der Waals surface area contributed by atoms with Gasteiger partial charge in [-0.2, -0.15) is 0 Å². The highest BCUT2D eigenvalue weighted by Gasteiger charge is 2.18. The van der Waals surface area contributed by atoms with Gasteiger partial charge in [0.1, 0.15) is 5.02 Å². The number of hydrogen-bond acceptors (Lipinski definition) is 4. The highest BCUT2D eigenvalue weighted by molar-refractivity contribution is 6.36. The lowest BCUT2D eigenvalue weighted by atomic mass is 10.2. The summed E-state index contributed by atoms with van der Waals surface area (Å²) in [5.41, 5.74) is 9.47. The number of nitrogens with two attached hydrogens (primary N) is 2. The summed E-state index contributed by atoms with van der Waals surface area (Å²) in [5.74, 6) is -0.609. The zero-order chi connectivity index (χ0) is 13.9. The predicted octanol–water partition coefficient (Wildman–Crippen LogP) is 1.02. The molecule has 0 aromatic heterocycles. The molecule has 8 nitrogen and oxygen atoms in total. The highest BCUT2D eigenvalue weighted by atomic mass is 35.5. The number of nitro groups is 1. The van der Waals surface area contributed by atoms with Crippen molar-refractivity contribution in [3.63, 3.8) is 0 Å². The molecule has 0 aliphatic rings. The smallest absolute Gasteiger partial charge is 0.366 e. The second kappa shape index (κ2) is 5.52. The fraction of sp³-hybridized carbons (Fsp3) is 0. The van der Waals surface area contributed by atoms with E-state index in [2.05, 4.69) is 5.10 Å². The van der Waals surface area contributed by atoms with Crippen molar-refractivity contribution in [3.05, 3.63) is 43.1 Å². The maximum atomic E-state index is 11.0. The maximum absolute atomic E-state index is 11.0. The summed E-state index contributed by atoms with van der Waals surface area (Å²) in [6.45, 7) is 0. The fourth-order valence-corrected chi connectivity index (χ4v) is 1.64. The molecular weight excluding hydrogens is 285 g/mol. The van der Waals surface area contributed by atoms with Gasteiger partial charge >= 0.3 is 5.96 Å². The van der Waals surface area contributed by atoms with Crippen molar-refractivity contribution in [2.45, 2.75) is 0 Å². The van der Waals surface area contributed by atoms with Crippen molar-refractivity contribution in [1.82, 2.24) is 0 Å². The lowest BCUT2D eigenvalue weighted by molar-refractivity contribution is -0.464. The van der Waals surface area contributed by atoms with Crippen molar-refractivity contribution < 1.29 is 9.77 Å². The SMILES string of the molecule is NC(N)=[N+]([O-])/N=C/c1cc(Cl)cc(Cl)c1[N+](=O)[O-]. The lowest BCUT2D eigenvalue weighted by Gasteiger charge is -2.04. The van der Waals surface area contributed by atoms with Crippen molar-refractivity contribution >= 4 is 41.1 Å². The Kier molecular flexibility index (Phi) is 4.29. The van der Waals surface area contributed by atoms with Gasteiger partial charge in [-0.1, -0.05) is 23.2 Å². The Morgan fingerprint density at radius 1 is 1.33 bits per heavy atom. The minimum atomic E-state index is -0.718. The first-order valence-electron chi connectivity index (χ1n) is 4.35. The highest BCUT2D eigenvalue weighted by Crippen LogP contribution is 2.30. The molecule has 1 aromatic rings. The van der Waals surface area contributed by atoms with Crippen LogP contribution in [0.3, 0.4) is 0 Å². The van der Waals surface area contributed by atoms with Gasteiger partial charge in [-0.05, 0) is 12.1 Å². The molecule has 0 aliphatic carbocycles. The van der Waals surface area contributed by atoms with Crippen molar-refractivity contribution in [3.8, 4) is 0 Å². The molecule has 10 heteroatoms. The number of rotatable bonds is 3. The van der Waals surface area contributed by atoms with E-state index in [1.807, 2.05) is 0 Å². The van der Waals surface area contributed by atoms with Crippen LogP contribution in [0.1, 0.15) is 5.56 Å². The maximum Gasteiger partial charge on any atom is 0.366 e. The monoisotopic (exact) mass is 291 g/mol. The standard InChI is InChI=1S/C8H7Cl2N5O3/c9-5-1-4(3-13-14(16)8(11)12)7(15(17)18)6(10)2-5/h1-3H,11-12H2/b13-3+. The third-order valence-electron chi connectivity index (χ3n) is 1.76. The van der Waals surface area contributed by atoms with E-state index in [-0.39, 0.29) is 20.5 Å². The summed E-state index contributed by atoms with van der Waals surface area (Å²) in [6.07, 6.45) is 0.891. The van der Waals surface area contributed by atoms with E-state index in [1.165, 1.54) is 12.1 Å². The first-order valence-corrected chi connectivity index (χ1v) is 5.11. The Morgan fingerprint density at radius 2 is 1.94 bits per heavy atom. The van der Waals surface area contributed by atoms with Gasteiger partial charge in [0.25, 0.3) is 5.69 Å². The second-order valence-corrected chi connectivity index (χ2v) is 3.87. The van der Waals surface area contributed by atoms with Gasteiger partial charge in [-0.3, -0.25) is 21.6 Å². The van der Waals surface area contributed by atoms with Gasteiger partial charge < -0.3 is 5.21 Å². The summed E-state index contributed by atoms with van der Waals surface area (Å²) in [5, 5.41) is 25.0. The Labute approximate surface area is 111 Å². The molecule has 0 radical (unpaired) electrons. The zero-order valence-corrected chi connectivity index (χ0v) is 10.2. The summed E-state index contributed by atoms with van der Waals surface area (Å²) in [7, 11) is 0. The summed E-state index contributed by atoms with van der Waals surface area (Å²) >= 11 is 11.4. The van der Waals surface area contributed by atoms with Gasteiger partial charge in [0.15, 0.2) is 0 Å². The van der Waals surface area contributed by atoms with E-state index in [0.717, 1.165) is 6.21 Å². The third kappa shape index (κ3) is 3.22. The number of guanidine groups is 1. The van der Waals surface area contributed by atoms with Gasteiger partial charge in [0.05, 0.1) is 16.7 Å². The molecule has 4 N–H and O–H groups in total. The molecule has 0 aliphatic heterocycles. The minimum Gasteiger partial charge on any atom is -0.722 e. The Balaban J connectivity index is 3.32. The van der Waals surface area contributed by atoms with Gasteiger partial charge in [-0.15, -0.1) is 9.95 Å². The van der Waals surface area contributed by atoms with Crippen LogP contribution in [-0.4, -0.2) is 21.9 Å². The molecule has 0 unspecified atom stereocenters. The number of benzene rings is 1. The average Bonchev–Trinajstić information content (AvgIpc) is 2.23. The Bertz CT molecular complexity index is 554. The lowest BCUT2D eigenvalue weighted by Crippen LogP contribution is -2.30. The van der Waals surface area contributed by atoms with E-state index in [0.29, 0.717) is 0 Å². The molecule has 0 saturated heterocycles. The summed E-state index contributed by atoms with van der Waals surface area (Å²) in [6, 6.07) is 2.44. The van der Waals surface area contributed by atoms with Gasteiger partial charge in [0, 0.05) is 5.02 Å². The van der Waals surface area contributed by atoms with E-state index >= 15 is 0 Å². The van der Waals surface area contributed by atoms with Crippen LogP contribution in [0.5, 0.6) is 0 Å². The van der Waals surface area contributed by atoms with Crippen LogP contribution in [0.25, 0.3) is 0 Å². The Hall–Kier alpha value is -2.06. The van der Waals surface area contributed by atoms with Crippen LogP contribution in [0.4, 0.5) is 5.69 Å². The molecule has 1 aromatic carbocycles. The number of nitro benzene ring substituents is 1. The van der Waals surface area contributed by atoms with Crippen LogP contribution in [0.2, 0.25) is 10.0 Å². The largest absolute Gasteiger partial charge is 0.722 e. The number of nitrogens with zero attached hydrogens (tertiary/aromatic N) is 3. The molecule has 0 fully saturated rings. The molecule has 0 amide bonds. The topological polar surface area (TPSA) is 134 Å². The summed E-state index contributed by atoms with van der Waals surface area (Å²) < 4.78 is 0. The van der Waals surface area contributed by atoms with E-state index in [1.54, 1.807) is 0 Å². The summed E-state index contributed by atoms with van der Waals surface area (Å²) in [4.78, 5) is 9.99. The van der Waals surface area contributed by atoms with E-state index < -0.39 is 16.6 Å². The van der Waals surface area contributed by atoms with E-state index in [9.17, 15) is 15.3 Å². The number of hydrogen-bond donors (Lipinski definition) is 2. The predicted molar refractivity (Wildman–Crippen MR) is 67.7 cm³/mol. The molecule has 0 bridgehead atoms. The molecule has 0 atom stereocenters. The van der Waals surface area contributed by atoms with Gasteiger partial charge in [0.2, 0.25) is 0 Å². The molecule has 96 valence electrons. The Morgan fingerprint density at radius 3 is 2.44 bits per heavy atom. The fourth-order valence-electron chi connectivity index (χ4n) is 1.06. The van der Waals surface area contributed by atoms with Crippen molar-refractivity contribution in [1.29, 1.82) is 0 Å². The molecule has 0 heterocycles. The van der Waals surface area contributed by atoms with Crippen LogP contribution in [0.15, 0.2) is 17.2 Å². The molecule has 1 rings (SSSR count). The molecule has 0 spiro atoms. The van der Waals surface area contributed by atoms with Crippen LogP contribution in [-0.2, 0) is 0 Å². The second-order valence-electron chi connectivity index (χ2n) is 3.02. The molecular formula is C8H7Cl2N5O3. The minimum absolute atomic E-state index is 0.0420. The number of halogens is 2. The van der Waals surface area contributed by atoms with Crippen molar-refractivity contribution in [2.24, 2.45) is 16.6 Å².